The van der Waals surface area contributed by atoms with Gasteiger partial charge >= 0.3 is 5.97 Å². The third-order valence-corrected chi connectivity index (χ3v) is 2.53. The van der Waals surface area contributed by atoms with Gasteiger partial charge in [0.15, 0.2) is 0 Å². The molecule has 1 atom stereocenters. The second kappa shape index (κ2) is 4.99. The van der Waals surface area contributed by atoms with Crippen molar-refractivity contribution in [3.05, 3.63) is 29.3 Å². The molecule has 0 bridgehead atoms. The number of rotatable bonds is 4. The summed E-state index contributed by atoms with van der Waals surface area (Å²) in [5.41, 5.74) is 8.71. The molecule has 1 aromatic carbocycles. The van der Waals surface area contributed by atoms with E-state index in [-0.39, 0.29) is 0 Å². The summed E-state index contributed by atoms with van der Waals surface area (Å²) in [5.74, 6) is -0.966. The van der Waals surface area contributed by atoms with Gasteiger partial charge < -0.3 is 15.7 Å². The second-order valence-electron chi connectivity index (χ2n) is 4.16. The van der Waals surface area contributed by atoms with Crippen molar-refractivity contribution in [2.45, 2.75) is 19.4 Å². The number of carbonyl (C=O) groups is 1. The van der Waals surface area contributed by atoms with E-state index in [1.54, 1.807) is 0 Å². The molecule has 0 aliphatic carbocycles. The molecule has 0 aromatic heterocycles. The van der Waals surface area contributed by atoms with E-state index in [1.165, 1.54) is 0 Å². The SMILES string of the molecule is Cc1ccc(CC(N)C(=O)O)cc1N(C)C. The summed E-state index contributed by atoms with van der Waals surface area (Å²) in [6, 6.07) is 5.06. The number of hydrogen-bond acceptors (Lipinski definition) is 3. The number of benzene rings is 1. The summed E-state index contributed by atoms with van der Waals surface area (Å²) in [7, 11) is 3.92. The van der Waals surface area contributed by atoms with Gasteiger partial charge in [0.25, 0.3) is 0 Å². The summed E-state index contributed by atoms with van der Waals surface area (Å²) in [6.45, 7) is 2.02. The van der Waals surface area contributed by atoms with Gasteiger partial charge in [-0.25, -0.2) is 0 Å². The summed E-state index contributed by atoms with van der Waals surface area (Å²) >= 11 is 0. The molecule has 0 fully saturated rings. The number of nitrogens with zero attached hydrogens (tertiary/aromatic N) is 1. The van der Waals surface area contributed by atoms with Crippen LogP contribution in [0.5, 0.6) is 0 Å². The van der Waals surface area contributed by atoms with Gasteiger partial charge in [-0.05, 0) is 30.5 Å². The zero-order valence-corrected chi connectivity index (χ0v) is 9.90. The van der Waals surface area contributed by atoms with E-state index in [0.29, 0.717) is 6.42 Å². The van der Waals surface area contributed by atoms with E-state index in [0.717, 1.165) is 16.8 Å². The average molecular weight is 222 g/mol. The van der Waals surface area contributed by atoms with Crippen molar-refractivity contribution in [3.63, 3.8) is 0 Å². The number of carboxylic acid groups (broad SMARTS) is 1. The van der Waals surface area contributed by atoms with Crippen molar-refractivity contribution >= 4 is 11.7 Å². The Bertz CT molecular complexity index is 389. The number of hydrogen-bond donors (Lipinski definition) is 2. The molecule has 0 amide bonds. The molecule has 16 heavy (non-hydrogen) atoms. The van der Waals surface area contributed by atoms with E-state index in [9.17, 15) is 4.79 Å². The first-order chi connectivity index (χ1) is 7.41. The van der Waals surface area contributed by atoms with Gasteiger partial charge in [0.2, 0.25) is 0 Å². The quantitative estimate of drug-likeness (QED) is 0.798. The maximum atomic E-state index is 10.7. The minimum absolute atomic E-state index is 0.358. The van der Waals surface area contributed by atoms with Gasteiger partial charge in [-0.1, -0.05) is 12.1 Å². The summed E-state index contributed by atoms with van der Waals surface area (Å²) in [5, 5.41) is 8.74. The number of aliphatic carboxylic acids is 1. The van der Waals surface area contributed by atoms with Crippen LogP contribution in [-0.4, -0.2) is 31.2 Å². The number of carboxylic acids is 1. The smallest absolute Gasteiger partial charge is 0.320 e. The fourth-order valence-electron chi connectivity index (χ4n) is 1.60. The fourth-order valence-corrected chi connectivity index (χ4v) is 1.60. The topological polar surface area (TPSA) is 66.6 Å². The van der Waals surface area contributed by atoms with Crippen molar-refractivity contribution in [1.29, 1.82) is 0 Å². The molecule has 1 rings (SSSR count). The van der Waals surface area contributed by atoms with Gasteiger partial charge in [0.05, 0.1) is 0 Å². The molecule has 4 heteroatoms. The Morgan fingerprint density at radius 2 is 2.12 bits per heavy atom. The number of aryl methyl sites for hydroxylation is 1. The Hall–Kier alpha value is -1.55. The predicted octanol–water partition coefficient (Wildman–Crippen LogP) is 1.02. The zero-order valence-electron chi connectivity index (χ0n) is 9.90. The van der Waals surface area contributed by atoms with Crippen molar-refractivity contribution < 1.29 is 9.90 Å². The van der Waals surface area contributed by atoms with Crippen LogP contribution in [0.15, 0.2) is 18.2 Å². The molecule has 1 aromatic rings. The van der Waals surface area contributed by atoms with E-state index < -0.39 is 12.0 Å². The molecule has 3 N–H and O–H groups in total. The van der Waals surface area contributed by atoms with Crippen molar-refractivity contribution in [3.8, 4) is 0 Å². The van der Waals surface area contributed by atoms with Crippen molar-refractivity contribution in [2.24, 2.45) is 5.73 Å². The highest BCUT2D eigenvalue weighted by Crippen LogP contribution is 2.20. The summed E-state index contributed by atoms with van der Waals surface area (Å²) in [6.07, 6.45) is 0.358. The van der Waals surface area contributed by atoms with Crippen LogP contribution >= 0.6 is 0 Å². The van der Waals surface area contributed by atoms with Crippen LogP contribution in [0.3, 0.4) is 0 Å². The van der Waals surface area contributed by atoms with Crippen LogP contribution in [0.4, 0.5) is 5.69 Å². The molecule has 0 aliphatic heterocycles. The maximum absolute atomic E-state index is 10.7. The van der Waals surface area contributed by atoms with Gasteiger partial charge in [-0.15, -0.1) is 0 Å². The lowest BCUT2D eigenvalue weighted by Crippen LogP contribution is -2.32. The first kappa shape index (κ1) is 12.5. The molecule has 0 heterocycles. The molecular weight excluding hydrogens is 204 g/mol. The molecule has 0 spiro atoms. The molecule has 0 saturated heterocycles. The van der Waals surface area contributed by atoms with E-state index >= 15 is 0 Å². The Balaban J connectivity index is 2.91. The molecule has 88 valence electrons. The lowest BCUT2D eigenvalue weighted by molar-refractivity contribution is -0.138. The molecule has 0 saturated carbocycles. The van der Waals surface area contributed by atoms with Crippen LogP contribution in [0, 0.1) is 6.92 Å². The molecular formula is C12H18N2O2. The minimum atomic E-state index is -0.966. The van der Waals surface area contributed by atoms with Gasteiger partial charge in [0, 0.05) is 19.8 Å². The predicted molar refractivity (Wildman–Crippen MR) is 64.8 cm³/mol. The van der Waals surface area contributed by atoms with Gasteiger partial charge in [0.1, 0.15) is 6.04 Å². The molecule has 0 aliphatic rings. The standard InChI is InChI=1S/C12H18N2O2/c1-8-4-5-9(6-10(13)12(15)16)7-11(8)14(2)3/h4-5,7,10H,6,13H2,1-3H3,(H,15,16). The Morgan fingerprint density at radius 3 is 2.62 bits per heavy atom. The Labute approximate surface area is 95.7 Å². The monoisotopic (exact) mass is 222 g/mol. The van der Waals surface area contributed by atoms with Crippen LogP contribution in [0.1, 0.15) is 11.1 Å². The van der Waals surface area contributed by atoms with Gasteiger partial charge in [-0.2, -0.15) is 0 Å². The van der Waals surface area contributed by atoms with E-state index in [1.807, 2.05) is 44.1 Å². The molecule has 4 nitrogen and oxygen atoms in total. The first-order valence-electron chi connectivity index (χ1n) is 5.17. The van der Waals surface area contributed by atoms with Crippen LogP contribution in [0.2, 0.25) is 0 Å². The molecule has 0 radical (unpaired) electrons. The van der Waals surface area contributed by atoms with Crippen LogP contribution in [-0.2, 0) is 11.2 Å². The lowest BCUT2D eigenvalue weighted by Gasteiger charge is -2.17. The van der Waals surface area contributed by atoms with Crippen LogP contribution in [0.25, 0.3) is 0 Å². The van der Waals surface area contributed by atoms with Gasteiger partial charge in [-0.3, -0.25) is 4.79 Å². The normalized spacial score (nSPS) is 12.2. The largest absolute Gasteiger partial charge is 0.480 e. The summed E-state index contributed by atoms with van der Waals surface area (Å²) < 4.78 is 0. The Morgan fingerprint density at radius 1 is 1.50 bits per heavy atom. The van der Waals surface area contributed by atoms with E-state index in [2.05, 4.69) is 0 Å². The highest BCUT2D eigenvalue weighted by atomic mass is 16.4. The molecule has 1 unspecified atom stereocenters. The van der Waals surface area contributed by atoms with Crippen molar-refractivity contribution in [1.82, 2.24) is 0 Å². The fraction of sp³-hybridized carbons (Fsp3) is 0.417. The Kier molecular flexibility index (Phi) is 3.90. The number of anilines is 1. The maximum Gasteiger partial charge on any atom is 0.320 e. The third-order valence-electron chi connectivity index (χ3n) is 2.53. The van der Waals surface area contributed by atoms with E-state index in [4.69, 9.17) is 10.8 Å². The summed E-state index contributed by atoms with van der Waals surface area (Å²) in [4.78, 5) is 12.7. The first-order valence-corrected chi connectivity index (χ1v) is 5.17. The zero-order chi connectivity index (χ0) is 12.3. The highest BCUT2D eigenvalue weighted by Gasteiger charge is 2.13. The minimum Gasteiger partial charge on any atom is -0.480 e. The van der Waals surface area contributed by atoms with Crippen LogP contribution < -0.4 is 10.6 Å². The number of nitrogens with two attached hydrogens (primary N) is 1. The third kappa shape index (κ3) is 2.97. The lowest BCUT2D eigenvalue weighted by atomic mass is 10.0. The second-order valence-corrected chi connectivity index (χ2v) is 4.16. The average Bonchev–Trinajstić information content (AvgIpc) is 2.20. The van der Waals surface area contributed by atoms with Crippen molar-refractivity contribution in [2.75, 3.05) is 19.0 Å². The highest BCUT2D eigenvalue weighted by molar-refractivity contribution is 5.73.